The van der Waals surface area contributed by atoms with Gasteiger partial charge in [-0.15, -0.1) is 0 Å². The number of hydrogen-bond acceptors (Lipinski definition) is 2. The highest BCUT2D eigenvalue weighted by Crippen LogP contribution is 2.23. The van der Waals surface area contributed by atoms with E-state index in [-0.39, 0.29) is 5.92 Å². The SMILES string of the molecule is C[C@@H]1C[C@@H](C)CN(C(=O)[C@@H]2CCNC2)C1. The van der Waals surface area contributed by atoms with Crippen LogP contribution >= 0.6 is 0 Å². The second kappa shape index (κ2) is 4.52. The Bertz CT molecular complexity index is 226. The highest BCUT2D eigenvalue weighted by molar-refractivity contribution is 5.79. The van der Waals surface area contributed by atoms with Gasteiger partial charge in [-0.2, -0.15) is 0 Å². The average molecular weight is 210 g/mol. The Balaban J connectivity index is 1.93. The fourth-order valence-electron chi connectivity index (χ4n) is 2.97. The first-order chi connectivity index (χ1) is 7.16. The average Bonchev–Trinajstić information content (AvgIpc) is 2.67. The van der Waals surface area contributed by atoms with Crippen molar-refractivity contribution in [1.29, 1.82) is 0 Å². The van der Waals surface area contributed by atoms with Crippen molar-refractivity contribution < 1.29 is 4.79 Å². The molecular formula is C12H22N2O. The molecule has 0 aromatic heterocycles. The topological polar surface area (TPSA) is 32.3 Å². The molecule has 3 heteroatoms. The number of rotatable bonds is 1. The lowest BCUT2D eigenvalue weighted by atomic mass is 9.91. The van der Waals surface area contributed by atoms with Gasteiger partial charge in [-0.3, -0.25) is 4.79 Å². The monoisotopic (exact) mass is 210 g/mol. The summed E-state index contributed by atoms with van der Waals surface area (Å²) in [6.45, 7) is 8.35. The second-order valence-electron chi connectivity index (χ2n) is 5.38. The Morgan fingerprint density at radius 3 is 2.47 bits per heavy atom. The minimum atomic E-state index is 0.252. The van der Waals surface area contributed by atoms with E-state index in [4.69, 9.17) is 0 Å². The zero-order valence-electron chi connectivity index (χ0n) is 9.83. The summed E-state index contributed by atoms with van der Waals surface area (Å²) in [5.41, 5.74) is 0. The first-order valence-corrected chi connectivity index (χ1v) is 6.16. The van der Waals surface area contributed by atoms with Gasteiger partial charge in [0.1, 0.15) is 0 Å². The van der Waals surface area contributed by atoms with Gasteiger partial charge < -0.3 is 10.2 Å². The normalized spacial score (nSPS) is 36.9. The van der Waals surface area contributed by atoms with Gasteiger partial charge in [-0.1, -0.05) is 13.8 Å². The lowest BCUT2D eigenvalue weighted by Crippen LogP contribution is -2.45. The van der Waals surface area contributed by atoms with Crippen LogP contribution in [0, 0.1) is 17.8 Å². The molecule has 15 heavy (non-hydrogen) atoms. The number of carbonyl (C=O) groups is 1. The van der Waals surface area contributed by atoms with Gasteiger partial charge in [0, 0.05) is 19.6 Å². The largest absolute Gasteiger partial charge is 0.342 e. The summed E-state index contributed by atoms with van der Waals surface area (Å²) in [7, 11) is 0. The van der Waals surface area contributed by atoms with Crippen molar-refractivity contribution in [1.82, 2.24) is 10.2 Å². The van der Waals surface area contributed by atoms with Crippen LogP contribution in [0.2, 0.25) is 0 Å². The summed E-state index contributed by atoms with van der Waals surface area (Å²) in [6.07, 6.45) is 2.30. The number of piperidine rings is 1. The summed E-state index contributed by atoms with van der Waals surface area (Å²) in [6, 6.07) is 0. The summed E-state index contributed by atoms with van der Waals surface area (Å²) < 4.78 is 0. The molecule has 1 N–H and O–H groups in total. The molecule has 0 radical (unpaired) electrons. The highest BCUT2D eigenvalue weighted by atomic mass is 16.2. The van der Waals surface area contributed by atoms with Crippen molar-refractivity contribution in [3.63, 3.8) is 0 Å². The molecule has 0 unspecified atom stereocenters. The van der Waals surface area contributed by atoms with Crippen LogP contribution in [-0.4, -0.2) is 37.0 Å². The van der Waals surface area contributed by atoms with Gasteiger partial charge in [0.25, 0.3) is 0 Å². The van der Waals surface area contributed by atoms with Crippen LogP contribution in [-0.2, 0) is 4.79 Å². The van der Waals surface area contributed by atoms with Gasteiger partial charge in [-0.25, -0.2) is 0 Å². The smallest absolute Gasteiger partial charge is 0.227 e. The van der Waals surface area contributed by atoms with E-state index in [0.29, 0.717) is 17.7 Å². The number of hydrogen-bond donors (Lipinski definition) is 1. The maximum atomic E-state index is 12.2. The van der Waals surface area contributed by atoms with Crippen LogP contribution in [0.4, 0.5) is 0 Å². The van der Waals surface area contributed by atoms with Crippen LogP contribution < -0.4 is 5.32 Å². The Morgan fingerprint density at radius 1 is 1.27 bits per heavy atom. The van der Waals surface area contributed by atoms with Gasteiger partial charge in [0.2, 0.25) is 5.91 Å². The third-order valence-corrected chi connectivity index (χ3v) is 3.59. The van der Waals surface area contributed by atoms with Crippen LogP contribution in [0.5, 0.6) is 0 Å². The Kier molecular flexibility index (Phi) is 3.29. The first-order valence-electron chi connectivity index (χ1n) is 6.16. The molecule has 3 nitrogen and oxygen atoms in total. The van der Waals surface area contributed by atoms with Gasteiger partial charge in [0.15, 0.2) is 0 Å². The van der Waals surface area contributed by atoms with E-state index < -0.39 is 0 Å². The molecule has 0 aromatic carbocycles. The predicted molar refractivity (Wildman–Crippen MR) is 60.5 cm³/mol. The van der Waals surface area contributed by atoms with E-state index in [1.54, 1.807) is 0 Å². The van der Waals surface area contributed by atoms with Crippen molar-refractivity contribution >= 4 is 5.91 Å². The third kappa shape index (κ3) is 2.51. The summed E-state index contributed by atoms with van der Waals surface area (Å²) in [5, 5.41) is 3.27. The lowest BCUT2D eigenvalue weighted by Gasteiger charge is -2.36. The molecule has 2 rings (SSSR count). The fourth-order valence-corrected chi connectivity index (χ4v) is 2.97. The van der Waals surface area contributed by atoms with Crippen molar-refractivity contribution in [3.8, 4) is 0 Å². The van der Waals surface area contributed by atoms with E-state index in [0.717, 1.165) is 32.6 Å². The Hall–Kier alpha value is -0.570. The molecule has 2 aliphatic rings. The van der Waals surface area contributed by atoms with Gasteiger partial charge in [0.05, 0.1) is 5.92 Å². The lowest BCUT2D eigenvalue weighted by molar-refractivity contribution is -0.137. The van der Waals surface area contributed by atoms with E-state index in [2.05, 4.69) is 24.1 Å². The van der Waals surface area contributed by atoms with Crippen molar-refractivity contribution in [3.05, 3.63) is 0 Å². The van der Waals surface area contributed by atoms with Crippen LogP contribution in [0.3, 0.4) is 0 Å². The van der Waals surface area contributed by atoms with Gasteiger partial charge in [-0.05, 0) is 31.2 Å². The summed E-state index contributed by atoms with van der Waals surface area (Å²) in [5.74, 6) is 1.99. The zero-order valence-corrected chi connectivity index (χ0v) is 9.83. The molecule has 0 spiro atoms. The van der Waals surface area contributed by atoms with Crippen LogP contribution in [0.25, 0.3) is 0 Å². The molecule has 86 valence electrons. The van der Waals surface area contributed by atoms with E-state index in [9.17, 15) is 4.79 Å². The Morgan fingerprint density at radius 2 is 1.93 bits per heavy atom. The summed E-state index contributed by atoms with van der Waals surface area (Å²) in [4.78, 5) is 14.3. The van der Waals surface area contributed by atoms with Crippen LogP contribution in [0.15, 0.2) is 0 Å². The number of likely N-dealkylation sites (tertiary alicyclic amines) is 1. The molecule has 2 aliphatic heterocycles. The number of carbonyl (C=O) groups excluding carboxylic acids is 1. The molecule has 0 bridgehead atoms. The quantitative estimate of drug-likeness (QED) is 0.703. The standard InChI is InChI=1S/C12H22N2O/c1-9-5-10(2)8-14(7-9)12(15)11-3-4-13-6-11/h9-11,13H,3-8H2,1-2H3/t9-,10-,11-/m1/s1. The molecular weight excluding hydrogens is 188 g/mol. The first kappa shape index (κ1) is 10.9. The number of nitrogens with zero attached hydrogens (tertiary/aromatic N) is 1. The third-order valence-electron chi connectivity index (χ3n) is 3.59. The van der Waals surface area contributed by atoms with Crippen molar-refractivity contribution in [2.24, 2.45) is 17.8 Å². The van der Waals surface area contributed by atoms with E-state index in [1.165, 1.54) is 6.42 Å². The zero-order chi connectivity index (χ0) is 10.8. The maximum absolute atomic E-state index is 12.2. The van der Waals surface area contributed by atoms with Crippen molar-refractivity contribution in [2.75, 3.05) is 26.2 Å². The molecule has 2 heterocycles. The maximum Gasteiger partial charge on any atom is 0.227 e. The van der Waals surface area contributed by atoms with E-state index in [1.807, 2.05) is 0 Å². The Labute approximate surface area is 92.2 Å². The fraction of sp³-hybridized carbons (Fsp3) is 0.917. The molecule has 3 atom stereocenters. The van der Waals surface area contributed by atoms with Crippen LogP contribution in [0.1, 0.15) is 26.7 Å². The van der Waals surface area contributed by atoms with Gasteiger partial charge >= 0.3 is 0 Å². The minimum absolute atomic E-state index is 0.252. The molecule has 0 saturated carbocycles. The second-order valence-corrected chi connectivity index (χ2v) is 5.38. The molecule has 1 amide bonds. The van der Waals surface area contributed by atoms with E-state index >= 15 is 0 Å². The molecule has 0 aromatic rings. The predicted octanol–water partition coefficient (Wildman–Crippen LogP) is 1.10. The number of amides is 1. The number of nitrogens with one attached hydrogen (secondary N) is 1. The molecule has 0 aliphatic carbocycles. The van der Waals surface area contributed by atoms with Crippen molar-refractivity contribution in [2.45, 2.75) is 26.7 Å². The minimum Gasteiger partial charge on any atom is -0.342 e. The highest BCUT2D eigenvalue weighted by Gasteiger charge is 2.31. The molecule has 2 fully saturated rings. The molecule has 2 saturated heterocycles. The summed E-state index contributed by atoms with van der Waals surface area (Å²) >= 11 is 0.